The monoisotopic (exact) mass is 339 g/mol. The number of benzene rings is 2. The van der Waals surface area contributed by atoms with Crippen LogP contribution in [0, 0.1) is 5.92 Å². The first-order valence-corrected chi connectivity index (χ1v) is 8.32. The summed E-state index contributed by atoms with van der Waals surface area (Å²) in [5.74, 6) is -0.396. The molecule has 1 fully saturated rings. The van der Waals surface area contributed by atoms with Crippen LogP contribution in [-0.2, 0) is 16.1 Å². The molecule has 5 heteroatoms. The molecule has 1 saturated heterocycles. The molecule has 3 rings (SSSR count). The lowest BCUT2D eigenvalue weighted by atomic mass is 9.93. The molecule has 2 unspecified atom stereocenters. The van der Waals surface area contributed by atoms with Crippen LogP contribution in [0.2, 0.25) is 0 Å². The van der Waals surface area contributed by atoms with Gasteiger partial charge in [-0.3, -0.25) is 4.90 Å². The maximum absolute atomic E-state index is 11.8. The first kappa shape index (κ1) is 17.0. The molecular weight excluding hydrogens is 318 g/mol. The minimum atomic E-state index is -1.11. The van der Waals surface area contributed by atoms with Crippen LogP contribution in [0.1, 0.15) is 19.4 Å². The van der Waals surface area contributed by atoms with Gasteiger partial charge in [0, 0.05) is 0 Å². The largest absolute Gasteiger partial charge is 0.465 e. The summed E-state index contributed by atoms with van der Waals surface area (Å²) in [6.45, 7) is 3.99. The minimum Gasteiger partial charge on any atom is -0.465 e. The first-order valence-electron chi connectivity index (χ1n) is 8.32. The third kappa shape index (κ3) is 3.50. The fraction of sp³-hybridized carbons (Fsp3) is 0.300. The van der Waals surface area contributed by atoms with E-state index in [4.69, 9.17) is 4.74 Å². The standard InChI is InChI=1S/C20H21NO4/c1-13(2)18-17(19(22)25-18)21(20(23)24)12-14-8-10-16(11-9-14)15-6-4-3-5-7-15/h3-11,13,17-18H,12H2,1-2H3,(H,23,24). The molecule has 1 amide bonds. The average molecular weight is 339 g/mol. The molecule has 0 aliphatic carbocycles. The predicted molar refractivity (Wildman–Crippen MR) is 94.0 cm³/mol. The predicted octanol–water partition coefficient (Wildman–Crippen LogP) is 3.78. The minimum absolute atomic E-state index is 0.0741. The second-order valence-corrected chi connectivity index (χ2v) is 6.56. The lowest BCUT2D eigenvalue weighted by Gasteiger charge is -2.42. The molecule has 1 heterocycles. The highest BCUT2D eigenvalue weighted by molar-refractivity contribution is 5.86. The molecule has 2 aromatic rings. The maximum atomic E-state index is 11.8. The van der Waals surface area contributed by atoms with Crippen molar-refractivity contribution in [2.24, 2.45) is 5.92 Å². The van der Waals surface area contributed by atoms with Crippen LogP contribution in [0.3, 0.4) is 0 Å². The number of ether oxygens (including phenoxy) is 1. The van der Waals surface area contributed by atoms with Gasteiger partial charge in [-0.2, -0.15) is 0 Å². The summed E-state index contributed by atoms with van der Waals surface area (Å²) in [6, 6.07) is 16.9. The zero-order valence-electron chi connectivity index (χ0n) is 14.3. The molecule has 1 N–H and O–H groups in total. The molecule has 2 aromatic carbocycles. The van der Waals surface area contributed by atoms with Crippen LogP contribution in [-0.4, -0.2) is 34.2 Å². The molecule has 2 atom stereocenters. The van der Waals surface area contributed by atoms with E-state index in [1.54, 1.807) is 0 Å². The molecule has 5 nitrogen and oxygen atoms in total. The lowest BCUT2D eigenvalue weighted by molar-refractivity contribution is -0.192. The van der Waals surface area contributed by atoms with Gasteiger partial charge in [0.25, 0.3) is 0 Å². The Kier molecular flexibility index (Phi) is 4.74. The summed E-state index contributed by atoms with van der Waals surface area (Å²) in [7, 11) is 0. The van der Waals surface area contributed by atoms with Crippen LogP contribution in [0.4, 0.5) is 4.79 Å². The number of carbonyl (C=O) groups excluding carboxylic acids is 1. The Balaban J connectivity index is 1.77. The van der Waals surface area contributed by atoms with E-state index in [2.05, 4.69) is 0 Å². The highest BCUT2D eigenvalue weighted by Gasteiger charge is 2.49. The molecule has 0 aromatic heterocycles. The van der Waals surface area contributed by atoms with Gasteiger partial charge in [0.1, 0.15) is 6.10 Å². The lowest BCUT2D eigenvalue weighted by Crippen LogP contribution is -2.62. The quantitative estimate of drug-likeness (QED) is 0.842. The third-order valence-electron chi connectivity index (χ3n) is 4.46. The van der Waals surface area contributed by atoms with Crippen molar-refractivity contribution in [3.05, 3.63) is 60.2 Å². The Morgan fingerprint density at radius 2 is 1.68 bits per heavy atom. The van der Waals surface area contributed by atoms with Crippen LogP contribution in [0.15, 0.2) is 54.6 Å². The van der Waals surface area contributed by atoms with Gasteiger partial charge < -0.3 is 9.84 Å². The van der Waals surface area contributed by atoms with Crippen LogP contribution in [0.25, 0.3) is 11.1 Å². The normalized spacial score (nSPS) is 19.2. The Hall–Kier alpha value is -2.82. The van der Waals surface area contributed by atoms with Crippen molar-refractivity contribution in [1.29, 1.82) is 0 Å². The van der Waals surface area contributed by atoms with Crippen molar-refractivity contribution in [3.63, 3.8) is 0 Å². The van der Waals surface area contributed by atoms with Crippen molar-refractivity contribution in [2.75, 3.05) is 0 Å². The molecule has 25 heavy (non-hydrogen) atoms. The van der Waals surface area contributed by atoms with Crippen LogP contribution < -0.4 is 0 Å². The summed E-state index contributed by atoms with van der Waals surface area (Å²) in [6.07, 6.45) is -1.49. The van der Waals surface area contributed by atoms with Gasteiger partial charge in [0.2, 0.25) is 0 Å². The maximum Gasteiger partial charge on any atom is 0.408 e. The fourth-order valence-electron chi connectivity index (χ4n) is 3.05. The number of hydrogen-bond donors (Lipinski definition) is 1. The molecule has 130 valence electrons. The van der Waals surface area contributed by atoms with Crippen molar-refractivity contribution >= 4 is 12.1 Å². The molecule has 1 aliphatic rings. The van der Waals surface area contributed by atoms with Gasteiger partial charge in [0.15, 0.2) is 6.04 Å². The average Bonchev–Trinajstić information content (AvgIpc) is 2.60. The highest BCUT2D eigenvalue weighted by atomic mass is 16.6. The van der Waals surface area contributed by atoms with E-state index in [9.17, 15) is 14.7 Å². The summed E-state index contributed by atoms with van der Waals surface area (Å²) in [5.41, 5.74) is 3.00. The van der Waals surface area contributed by atoms with E-state index in [1.165, 1.54) is 4.90 Å². The Bertz CT molecular complexity index is 755. The number of cyclic esters (lactones) is 1. The van der Waals surface area contributed by atoms with Gasteiger partial charge in [-0.1, -0.05) is 68.4 Å². The number of carboxylic acid groups (broad SMARTS) is 1. The second-order valence-electron chi connectivity index (χ2n) is 6.56. The van der Waals surface area contributed by atoms with Crippen LogP contribution >= 0.6 is 0 Å². The Morgan fingerprint density at radius 3 is 2.20 bits per heavy atom. The zero-order chi connectivity index (χ0) is 18.0. The number of esters is 1. The van der Waals surface area contributed by atoms with Gasteiger partial charge in [-0.25, -0.2) is 9.59 Å². The molecular formula is C20H21NO4. The summed E-state index contributed by atoms with van der Waals surface area (Å²) < 4.78 is 5.12. The van der Waals surface area contributed by atoms with Crippen molar-refractivity contribution in [1.82, 2.24) is 4.90 Å². The smallest absolute Gasteiger partial charge is 0.408 e. The van der Waals surface area contributed by atoms with E-state index in [0.717, 1.165) is 16.7 Å². The molecule has 0 bridgehead atoms. The number of rotatable bonds is 5. The van der Waals surface area contributed by atoms with Crippen molar-refractivity contribution < 1.29 is 19.4 Å². The third-order valence-corrected chi connectivity index (χ3v) is 4.46. The first-order chi connectivity index (χ1) is 12.0. The summed E-state index contributed by atoms with van der Waals surface area (Å²) >= 11 is 0. The topological polar surface area (TPSA) is 66.8 Å². The Labute approximate surface area is 146 Å². The van der Waals surface area contributed by atoms with Crippen molar-refractivity contribution in [3.8, 4) is 11.1 Å². The zero-order valence-corrected chi connectivity index (χ0v) is 14.3. The van der Waals surface area contributed by atoms with Crippen LogP contribution in [0.5, 0.6) is 0 Å². The van der Waals surface area contributed by atoms with Gasteiger partial charge in [-0.05, 0) is 22.6 Å². The highest BCUT2D eigenvalue weighted by Crippen LogP contribution is 2.29. The molecule has 0 saturated carbocycles. The summed E-state index contributed by atoms with van der Waals surface area (Å²) in [5, 5.41) is 9.54. The van der Waals surface area contributed by atoms with Gasteiger partial charge >= 0.3 is 12.1 Å². The van der Waals surface area contributed by atoms with E-state index in [0.29, 0.717) is 0 Å². The van der Waals surface area contributed by atoms with Crippen molar-refractivity contribution in [2.45, 2.75) is 32.5 Å². The van der Waals surface area contributed by atoms with E-state index < -0.39 is 18.1 Å². The molecule has 0 radical (unpaired) electrons. The van der Waals surface area contributed by atoms with Gasteiger partial charge in [0.05, 0.1) is 6.54 Å². The Morgan fingerprint density at radius 1 is 1.08 bits per heavy atom. The van der Waals surface area contributed by atoms with E-state index in [1.807, 2.05) is 68.4 Å². The summed E-state index contributed by atoms with van der Waals surface area (Å²) in [4.78, 5) is 24.6. The second kappa shape index (κ2) is 6.97. The molecule has 1 aliphatic heterocycles. The SMILES string of the molecule is CC(C)C1OC(=O)C1N(Cc1ccc(-c2ccccc2)cc1)C(=O)O. The number of carbonyl (C=O) groups is 2. The van der Waals surface area contributed by atoms with E-state index >= 15 is 0 Å². The number of nitrogens with zero attached hydrogens (tertiary/aromatic N) is 1. The molecule has 0 spiro atoms. The van der Waals surface area contributed by atoms with Gasteiger partial charge in [-0.15, -0.1) is 0 Å². The fourth-order valence-corrected chi connectivity index (χ4v) is 3.05. The number of amides is 1. The van der Waals surface area contributed by atoms with E-state index in [-0.39, 0.29) is 18.6 Å². The number of hydrogen-bond acceptors (Lipinski definition) is 3.